The Morgan fingerprint density at radius 3 is 2.25 bits per heavy atom. The largest absolute Gasteiger partial charge is 0.352 e. The zero-order valence-electron chi connectivity index (χ0n) is 14.9. The standard InChI is InChI=1S/C18H29N3O.2ClH/c1-4-21(5-2)13-16-8-6-15(7-9-16)12-20-17(22)18(3)10-11-19-14-18;;/h6-9,19H,4-5,10-14H2,1-3H3,(H,20,22);2*1H. The Morgan fingerprint density at radius 1 is 1.17 bits per heavy atom. The molecule has 0 bridgehead atoms. The monoisotopic (exact) mass is 375 g/mol. The predicted octanol–water partition coefficient (Wildman–Crippen LogP) is 2.99. The fourth-order valence-corrected chi connectivity index (χ4v) is 2.87. The first-order chi connectivity index (χ1) is 10.6. The maximum atomic E-state index is 12.3. The summed E-state index contributed by atoms with van der Waals surface area (Å²) in [6.45, 7) is 11.9. The minimum absolute atomic E-state index is 0. The number of nitrogens with zero attached hydrogens (tertiary/aromatic N) is 1. The molecule has 1 heterocycles. The van der Waals surface area contributed by atoms with Crippen LogP contribution in [0.25, 0.3) is 0 Å². The van der Waals surface area contributed by atoms with Crippen molar-refractivity contribution < 1.29 is 4.79 Å². The minimum Gasteiger partial charge on any atom is -0.352 e. The number of amides is 1. The zero-order valence-corrected chi connectivity index (χ0v) is 16.6. The quantitative estimate of drug-likeness (QED) is 0.769. The maximum absolute atomic E-state index is 12.3. The Kier molecular flexibility index (Phi) is 10.6. The molecule has 1 saturated heterocycles. The van der Waals surface area contributed by atoms with Gasteiger partial charge in [-0.05, 0) is 44.1 Å². The second kappa shape index (κ2) is 10.9. The van der Waals surface area contributed by atoms with Crippen LogP contribution in [0.5, 0.6) is 0 Å². The van der Waals surface area contributed by atoms with E-state index in [1.807, 2.05) is 6.92 Å². The lowest BCUT2D eigenvalue weighted by atomic mass is 9.89. The second-order valence-electron chi connectivity index (χ2n) is 6.45. The van der Waals surface area contributed by atoms with E-state index in [9.17, 15) is 4.79 Å². The van der Waals surface area contributed by atoms with Crippen LogP contribution in [0.1, 0.15) is 38.3 Å². The first-order valence-electron chi connectivity index (χ1n) is 8.36. The second-order valence-corrected chi connectivity index (χ2v) is 6.45. The molecule has 1 unspecified atom stereocenters. The van der Waals surface area contributed by atoms with Crippen LogP contribution in [0.3, 0.4) is 0 Å². The van der Waals surface area contributed by atoms with Crippen molar-refractivity contribution in [2.45, 2.75) is 40.3 Å². The van der Waals surface area contributed by atoms with Gasteiger partial charge in [-0.2, -0.15) is 0 Å². The molecule has 1 aliphatic rings. The van der Waals surface area contributed by atoms with Gasteiger partial charge >= 0.3 is 0 Å². The van der Waals surface area contributed by atoms with Crippen molar-refractivity contribution >= 4 is 30.7 Å². The lowest BCUT2D eigenvalue weighted by molar-refractivity contribution is -0.129. The van der Waals surface area contributed by atoms with Crippen molar-refractivity contribution in [2.75, 3.05) is 26.2 Å². The summed E-state index contributed by atoms with van der Waals surface area (Å²) >= 11 is 0. The van der Waals surface area contributed by atoms with Gasteiger partial charge in [-0.15, -0.1) is 24.8 Å². The van der Waals surface area contributed by atoms with Crippen molar-refractivity contribution in [2.24, 2.45) is 5.41 Å². The topological polar surface area (TPSA) is 44.4 Å². The molecule has 0 spiro atoms. The number of carbonyl (C=O) groups excluding carboxylic acids is 1. The summed E-state index contributed by atoms with van der Waals surface area (Å²) < 4.78 is 0. The fraction of sp³-hybridized carbons (Fsp3) is 0.611. The Labute approximate surface area is 158 Å². The Hall–Kier alpha value is -0.810. The Balaban J connectivity index is 0.00000264. The highest BCUT2D eigenvalue weighted by molar-refractivity contribution is 5.85. The molecule has 1 fully saturated rings. The summed E-state index contributed by atoms with van der Waals surface area (Å²) in [6.07, 6.45) is 0.918. The molecule has 0 saturated carbocycles. The Morgan fingerprint density at radius 2 is 1.75 bits per heavy atom. The van der Waals surface area contributed by atoms with Gasteiger partial charge in [0.15, 0.2) is 0 Å². The van der Waals surface area contributed by atoms with E-state index in [0.717, 1.165) is 44.7 Å². The van der Waals surface area contributed by atoms with Crippen LogP contribution in [-0.4, -0.2) is 37.0 Å². The molecular formula is C18H31Cl2N3O. The molecule has 6 heteroatoms. The highest BCUT2D eigenvalue weighted by atomic mass is 35.5. The molecule has 24 heavy (non-hydrogen) atoms. The van der Waals surface area contributed by atoms with Crippen LogP contribution in [-0.2, 0) is 17.9 Å². The summed E-state index contributed by atoms with van der Waals surface area (Å²) in [7, 11) is 0. The molecule has 0 radical (unpaired) electrons. The van der Waals surface area contributed by atoms with E-state index < -0.39 is 0 Å². The number of rotatable bonds is 7. The summed E-state index contributed by atoms with van der Waals surface area (Å²) in [4.78, 5) is 14.7. The molecule has 138 valence electrons. The van der Waals surface area contributed by atoms with Crippen molar-refractivity contribution in [3.63, 3.8) is 0 Å². The Bertz CT molecular complexity index is 484. The number of hydrogen-bond acceptors (Lipinski definition) is 3. The van der Waals surface area contributed by atoms with Crippen LogP contribution in [0.4, 0.5) is 0 Å². The van der Waals surface area contributed by atoms with E-state index in [1.165, 1.54) is 5.56 Å². The highest BCUT2D eigenvalue weighted by Crippen LogP contribution is 2.24. The van der Waals surface area contributed by atoms with Gasteiger partial charge in [0.05, 0.1) is 5.41 Å². The van der Waals surface area contributed by atoms with Crippen LogP contribution >= 0.6 is 24.8 Å². The van der Waals surface area contributed by atoms with E-state index in [-0.39, 0.29) is 36.1 Å². The zero-order chi connectivity index (χ0) is 16.0. The molecule has 1 aromatic rings. The van der Waals surface area contributed by atoms with E-state index in [1.54, 1.807) is 0 Å². The molecule has 1 aliphatic heterocycles. The molecule has 1 amide bonds. The van der Waals surface area contributed by atoms with Gasteiger partial charge < -0.3 is 10.6 Å². The molecule has 1 aromatic carbocycles. The lowest BCUT2D eigenvalue weighted by Crippen LogP contribution is -2.40. The minimum atomic E-state index is -0.247. The number of nitrogens with one attached hydrogen (secondary N) is 2. The summed E-state index contributed by atoms with van der Waals surface area (Å²) in [6, 6.07) is 8.57. The van der Waals surface area contributed by atoms with Crippen LogP contribution in [0.15, 0.2) is 24.3 Å². The van der Waals surface area contributed by atoms with Crippen LogP contribution in [0, 0.1) is 5.41 Å². The molecule has 2 N–H and O–H groups in total. The number of carbonyl (C=O) groups is 1. The highest BCUT2D eigenvalue weighted by Gasteiger charge is 2.35. The fourth-order valence-electron chi connectivity index (χ4n) is 2.87. The van der Waals surface area contributed by atoms with E-state index in [4.69, 9.17) is 0 Å². The average molecular weight is 376 g/mol. The molecule has 1 atom stereocenters. The lowest BCUT2D eigenvalue weighted by Gasteiger charge is -2.21. The molecule has 0 aliphatic carbocycles. The molecule has 4 nitrogen and oxygen atoms in total. The average Bonchev–Trinajstić information content (AvgIpc) is 2.99. The van der Waals surface area contributed by atoms with Crippen molar-refractivity contribution in [3.05, 3.63) is 35.4 Å². The molecular weight excluding hydrogens is 345 g/mol. The number of benzene rings is 1. The first-order valence-corrected chi connectivity index (χ1v) is 8.36. The van der Waals surface area contributed by atoms with Gasteiger partial charge in [-0.1, -0.05) is 38.1 Å². The third-order valence-corrected chi connectivity index (χ3v) is 4.69. The number of hydrogen-bond donors (Lipinski definition) is 2. The summed E-state index contributed by atoms with van der Waals surface area (Å²) in [5.41, 5.74) is 2.24. The van der Waals surface area contributed by atoms with Gasteiger partial charge in [0.25, 0.3) is 0 Å². The normalized spacial score (nSPS) is 19.5. The third-order valence-electron chi connectivity index (χ3n) is 4.69. The van der Waals surface area contributed by atoms with Gasteiger partial charge in [0.2, 0.25) is 5.91 Å². The predicted molar refractivity (Wildman–Crippen MR) is 105 cm³/mol. The van der Waals surface area contributed by atoms with Gasteiger partial charge in [0, 0.05) is 19.6 Å². The SMILES string of the molecule is CCN(CC)Cc1ccc(CNC(=O)C2(C)CCNC2)cc1.Cl.Cl. The third kappa shape index (κ3) is 6.25. The van der Waals surface area contributed by atoms with E-state index in [2.05, 4.69) is 53.6 Å². The van der Waals surface area contributed by atoms with E-state index in [0.29, 0.717) is 6.54 Å². The summed E-state index contributed by atoms with van der Waals surface area (Å²) in [5.74, 6) is 0.157. The number of halogens is 2. The molecule has 2 rings (SSSR count). The van der Waals surface area contributed by atoms with Crippen LogP contribution in [0.2, 0.25) is 0 Å². The first kappa shape index (κ1) is 23.2. The van der Waals surface area contributed by atoms with Crippen molar-refractivity contribution in [3.8, 4) is 0 Å². The van der Waals surface area contributed by atoms with Crippen molar-refractivity contribution in [1.29, 1.82) is 0 Å². The maximum Gasteiger partial charge on any atom is 0.227 e. The van der Waals surface area contributed by atoms with Crippen LogP contribution < -0.4 is 10.6 Å². The van der Waals surface area contributed by atoms with Gasteiger partial charge in [0.1, 0.15) is 0 Å². The molecule has 0 aromatic heterocycles. The summed E-state index contributed by atoms with van der Waals surface area (Å²) in [5, 5.41) is 6.34. The van der Waals surface area contributed by atoms with Crippen molar-refractivity contribution in [1.82, 2.24) is 15.5 Å². The van der Waals surface area contributed by atoms with Gasteiger partial charge in [-0.3, -0.25) is 9.69 Å². The smallest absolute Gasteiger partial charge is 0.227 e. The van der Waals surface area contributed by atoms with E-state index >= 15 is 0 Å². The van der Waals surface area contributed by atoms with Gasteiger partial charge in [-0.25, -0.2) is 0 Å².